The van der Waals surface area contributed by atoms with Gasteiger partial charge in [0.05, 0.1) is 20.9 Å². The lowest BCUT2D eigenvalue weighted by Gasteiger charge is -2.30. The Morgan fingerprint density at radius 3 is 2.62 bits per heavy atom. The molecule has 3 heterocycles. The number of Topliss-reactive ketones (excluding diaryl/α,β-unsaturated/α-hetero) is 1. The number of carbonyl (C=O) groups is 1. The Hall–Kier alpha value is -2.04. The second-order valence-corrected chi connectivity index (χ2v) is 12.6. The average molecular weight is 552 g/mol. The SMILES string of the molecule is Cc1nc2cc(C(=O)CC3CCC(CCN4CCc5nc(OCC(F)(F)F)sc5CC4)CC3)ccc2s1. The van der Waals surface area contributed by atoms with E-state index in [1.165, 1.54) is 24.2 Å². The van der Waals surface area contributed by atoms with Gasteiger partial charge in [0.1, 0.15) is 0 Å². The number of thiazole rings is 2. The summed E-state index contributed by atoms with van der Waals surface area (Å²) in [5.41, 5.74) is 2.59. The number of halogens is 3. The molecule has 0 amide bonds. The monoisotopic (exact) mass is 551 g/mol. The first-order valence-corrected chi connectivity index (χ1v) is 14.7. The Balaban J connectivity index is 1.03. The number of aryl methyl sites for hydroxylation is 1. The minimum absolute atomic E-state index is 0.129. The van der Waals surface area contributed by atoms with E-state index in [0.717, 1.165) is 83.1 Å². The van der Waals surface area contributed by atoms with Crippen LogP contribution in [0.4, 0.5) is 13.2 Å². The molecule has 200 valence electrons. The molecule has 1 fully saturated rings. The molecule has 1 aliphatic heterocycles. The van der Waals surface area contributed by atoms with Crippen molar-refractivity contribution in [1.82, 2.24) is 14.9 Å². The molecule has 5 rings (SSSR count). The van der Waals surface area contributed by atoms with Crippen molar-refractivity contribution in [3.05, 3.63) is 39.3 Å². The summed E-state index contributed by atoms with van der Waals surface area (Å²) in [5.74, 6) is 1.39. The number of carbonyl (C=O) groups excluding carboxylic acids is 1. The molecule has 1 aliphatic carbocycles. The molecule has 3 aromatic rings. The van der Waals surface area contributed by atoms with Crippen LogP contribution in [-0.4, -0.2) is 53.1 Å². The zero-order valence-corrected chi connectivity index (χ0v) is 22.6. The maximum absolute atomic E-state index is 12.9. The number of alkyl halides is 3. The van der Waals surface area contributed by atoms with E-state index in [-0.39, 0.29) is 11.0 Å². The molecule has 10 heteroatoms. The Kier molecular flexibility index (Phi) is 8.16. The zero-order valence-electron chi connectivity index (χ0n) is 21.0. The second kappa shape index (κ2) is 11.4. The third-order valence-corrected chi connectivity index (χ3v) is 9.57. The van der Waals surface area contributed by atoms with Crippen LogP contribution in [0.25, 0.3) is 10.2 Å². The highest BCUT2D eigenvalue weighted by molar-refractivity contribution is 7.18. The highest BCUT2D eigenvalue weighted by Crippen LogP contribution is 2.34. The molecule has 1 aromatic carbocycles. The molecular formula is C27H32F3N3O2S2. The minimum atomic E-state index is -4.34. The second-order valence-electron chi connectivity index (χ2n) is 10.3. The number of hydrogen-bond acceptors (Lipinski definition) is 7. The lowest BCUT2D eigenvalue weighted by atomic mass is 9.78. The summed E-state index contributed by atoms with van der Waals surface area (Å²) in [5, 5.41) is 1.15. The Morgan fingerprint density at radius 1 is 1.08 bits per heavy atom. The highest BCUT2D eigenvalue weighted by atomic mass is 32.1. The first-order valence-electron chi connectivity index (χ1n) is 13.0. The summed E-state index contributed by atoms with van der Waals surface area (Å²) in [7, 11) is 0. The van der Waals surface area contributed by atoms with Gasteiger partial charge in [-0.15, -0.1) is 11.3 Å². The normalized spacial score (nSPS) is 21.1. The average Bonchev–Trinajstić information content (AvgIpc) is 3.38. The molecule has 1 saturated carbocycles. The summed E-state index contributed by atoms with van der Waals surface area (Å²) >= 11 is 2.91. The maximum Gasteiger partial charge on any atom is 0.422 e. The smallest absolute Gasteiger partial charge is 0.422 e. The van der Waals surface area contributed by atoms with Crippen molar-refractivity contribution in [2.45, 2.75) is 64.5 Å². The van der Waals surface area contributed by atoms with E-state index in [1.54, 1.807) is 11.3 Å². The zero-order chi connectivity index (χ0) is 26.0. The number of hydrogen-bond donors (Lipinski definition) is 0. The van der Waals surface area contributed by atoms with Gasteiger partial charge < -0.3 is 9.64 Å². The lowest BCUT2D eigenvalue weighted by molar-refractivity contribution is -0.153. The molecule has 2 aromatic heterocycles. The van der Waals surface area contributed by atoms with Crippen molar-refractivity contribution in [2.75, 3.05) is 26.2 Å². The first-order chi connectivity index (χ1) is 17.7. The number of fused-ring (bicyclic) bond motifs is 2. The summed E-state index contributed by atoms with van der Waals surface area (Å²) in [6.45, 7) is 3.52. The van der Waals surface area contributed by atoms with Gasteiger partial charge in [-0.25, -0.2) is 9.97 Å². The van der Waals surface area contributed by atoms with Crippen LogP contribution in [0.1, 0.15) is 64.5 Å². The van der Waals surface area contributed by atoms with Crippen LogP contribution in [0.3, 0.4) is 0 Å². The fourth-order valence-electron chi connectivity index (χ4n) is 5.50. The molecule has 2 aliphatic rings. The molecule has 5 nitrogen and oxygen atoms in total. The Labute approximate surface area is 223 Å². The number of ketones is 1. The van der Waals surface area contributed by atoms with E-state index in [1.807, 2.05) is 25.1 Å². The topological polar surface area (TPSA) is 55.3 Å². The predicted molar refractivity (Wildman–Crippen MR) is 141 cm³/mol. The summed E-state index contributed by atoms with van der Waals surface area (Å²) < 4.78 is 43.2. The van der Waals surface area contributed by atoms with Gasteiger partial charge in [-0.3, -0.25) is 4.79 Å². The van der Waals surface area contributed by atoms with Crippen LogP contribution in [0.5, 0.6) is 5.19 Å². The van der Waals surface area contributed by atoms with Gasteiger partial charge in [0.25, 0.3) is 5.19 Å². The van der Waals surface area contributed by atoms with Crippen LogP contribution in [0.15, 0.2) is 18.2 Å². The maximum atomic E-state index is 12.9. The van der Waals surface area contributed by atoms with Crippen molar-refractivity contribution in [1.29, 1.82) is 0 Å². The van der Waals surface area contributed by atoms with Gasteiger partial charge >= 0.3 is 6.18 Å². The largest absolute Gasteiger partial charge is 0.460 e. The van der Waals surface area contributed by atoms with Crippen molar-refractivity contribution in [2.24, 2.45) is 11.8 Å². The van der Waals surface area contributed by atoms with Crippen molar-refractivity contribution in [3.63, 3.8) is 0 Å². The molecule has 0 radical (unpaired) electrons. The third kappa shape index (κ3) is 7.09. The van der Waals surface area contributed by atoms with Gasteiger partial charge in [-0.05, 0) is 69.2 Å². The Morgan fingerprint density at radius 2 is 1.84 bits per heavy atom. The fourth-order valence-corrected chi connectivity index (χ4v) is 7.25. The van der Waals surface area contributed by atoms with E-state index in [9.17, 15) is 18.0 Å². The van der Waals surface area contributed by atoms with Crippen LogP contribution in [0.2, 0.25) is 0 Å². The predicted octanol–water partition coefficient (Wildman–Crippen LogP) is 6.87. The number of ether oxygens (including phenoxy) is 1. The number of aromatic nitrogens is 2. The van der Waals surface area contributed by atoms with Crippen LogP contribution >= 0.6 is 22.7 Å². The molecule has 0 unspecified atom stereocenters. The van der Waals surface area contributed by atoms with Crippen molar-refractivity contribution >= 4 is 38.7 Å². The molecule has 37 heavy (non-hydrogen) atoms. The lowest BCUT2D eigenvalue weighted by Crippen LogP contribution is -2.29. The third-order valence-electron chi connectivity index (χ3n) is 7.55. The number of benzene rings is 1. The van der Waals surface area contributed by atoms with E-state index < -0.39 is 12.8 Å². The minimum Gasteiger partial charge on any atom is -0.460 e. The molecule has 0 N–H and O–H groups in total. The molecule has 0 atom stereocenters. The van der Waals surface area contributed by atoms with Gasteiger partial charge in [0.2, 0.25) is 0 Å². The van der Waals surface area contributed by atoms with Crippen LogP contribution in [-0.2, 0) is 12.8 Å². The number of rotatable bonds is 8. The van der Waals surface area contributed by atoms with Crippen molar-refractivity contribution in [3.8, 4) is 5.19 Å². The van der Waals surface area contributed by atoms with Crippen LogP contribution < -0.4 is 4.74 Å². The van der Waals surface area contributed by atoms with Gasteiger partial charge in [0.15, 0.2) is 12.4 Å². The fraction of sp³-hybridized carbons (Fsp3) is 0.593. The first kappa shape index (κ1) is 26.6. The molecule has 0 saturated heterocycles. The standard InChI is InChI=1S/C27H32F3N3O2S2/c1-17-31-22-15-20(6-7-24(22)36-17)23(34)14-19-4-2-18(3-5-19)8-11-33-12-9-21-25(10-13-33)37-26(32-21)35-16-27(28,29)30/h6-7,15,18-19H,2-5,8-14,16H2,1H3. The van der Waals surface area contributed by atoms with Crippen molar-refractivity contribution < 1.29 is 22.7 Å². The van der Waals surface area contributed by atoms with Crippen LogP contribution in [0, 0.1) is 18.8 Å². The summed E-state index contributed by atoms with van der Waals surface area (Å²) in [6.07, 6.45) is 3.55. The molecule has 0 spiro atoms. The van der Waals surface area contributed by atoms with E-state index in [0.29, 0.717) is 18.3 Å². The van der Waals surface area contributed by atoms with Gasteiger partial charge in [-0.1, -0.05) is 24.2 Å². The quantitative estimate of drug-likeness (QED) is 0.286. The molecular weight excluding hydrogens is 519 g/mol. The van der Waals surface area contributed by atoms with E-state index >= 15 is 0 Å². The number of nitrogens with zero attached hydrogens (tertiary/aromatic N) is 3. The van der Waals surface area contributed by atoms with E-state index in [4.69, 9.17) is 4.74 Å². The molecule has 0 bridgehead atoms. The summed E-state index contributed by atoms with van der Waals surface area (Å²) in [4.78, 5) is 25.2. The highest BCUT2D eigenvalue weighted by Gasteiger charge is 2.30. The summed E-state index contributed by atoms with van der Waals surface area (Å²) in [6, 6.07) is 5.90. The Bertz CT molecular complexity index is 1210. The van der Waals surface area contributed by atoms with Gasteiger partial charge in [-0.2, -0.15) is 13.2 Å². The van der Waals surface area contributed by atoms with E-state index in [2.05, 4.69) is 14.9 Å². The van der Waals surface area contributed by atoms with Gasteiger partial charge in [0, 0.05) is 36.4 Å².